The first-order valence-electron chi connectivity index (χ1n) is 8.26. The Kier molecular flexibility index (Phi) is 3.05. The van der Waals surface area contributed by atoms with Crippen molar-refractivity contribution in [2.75, 3.05) is 0 Å². The van der Waals surface area contributed by atoms with Crippen molar-refractivity contribution in [2.45, 2.75) is 51.6 Å². The quantitative estimate of drug-likeness (QED) is 0.791. The molecule has 4 bridgehead atoms. The molecule has 0 N–H and O–H groups in total. The summed E-state index contributed by atoms with van der Waals surface area (Å²) in [5, 5.41) is 0. The minimum atomic E-state index is -0.173. The van der Waals surface area contributed by atoms with E-state index in [0.717, 1.165) is 42.6 Å². The van der Waals surface area contributed by atoms with Crippen LogP contribution in [0.4, 0.5) is 0 Å². The fraction of sp³-hybridized carbons (Fsp3) is 0.667. The molecule has 0 aliphatic heterocycles. The summed E-state index contributed by atoms with van der Waals surface area (Å²) in [6, 6.07) is 3.86. The number of rotatable bonds is 3. The zero-order valence-corrected chi connectivity index (χ0v) is 12.6. The van der Waals surface area contributed by atoms with Gasteiger partial charge in [0.1, 0.15) is 6.10 Å². The van der Waals surface area contributed by atoms with Crippen LogP contribution in [-0.2, 0) is 9.53 Å². The van der Waals surface area contributed by atoms with Crippen molar-refractivity contribution in [3.8, 4) is 0 Å². The molecule has 21 heavy (non-hydrogen) atoms. The zero-order valence-electron chi connectivity index (χ0n) is 12.6. The monoisotopic (exact) mass is 285 g/mol. The molecule has 4 aliphatic rings. The summed E-state index contributed by atoms with van der Waals surface area (Å²) in [5.74, 6) is 2.39. The number of aromatic nitrogens is 1. The Balaban J connectivity index is 1.50. The van der Waals surface area contributed by atoms with Crippen molar-refractivity contribution >= 4 is 5.97 Å². The second-order valence-electron chi connectivity index (χ2n) is 7.53. The van der Waals surface area contributed by atoms with Crippen molar-refractivity contribution < 1.29 is 9.53 Å². The summed E-state index contributed by atoms with van der Waals surface area (Å²) in [6.45, 7) is 1.97. The Hall–Kier alpha value is -1.38. The van der Waals surface area contributed by atoms with Crippen LogP contribution in [0, 0.1) is 23.2 Å². The van der Waals surface area contributed by atoms with E-state index in [1.807, 2.05) is 19.1 Å². The van der Waals surface area contributed by atoms with Gasteiger partial charge in [-0.25, -0.2) is 0 Å². The van der Waals surface area contributed by atoms with Crippen LogP contribution in [0.3, 0.4) is 0 Å². The van der Waals surface area contributed by atoms with Crippen LogP contribution in [-0.4, -0.2) is 11.0 Å². The second kappa shape index (κ2) is 4.82. The van der Waals surface area contributed by atoms with Gasteiger partial charge >= 0.3 is 5.97 Å². The highest BCUT2D eigenvalue weighted by Gasteiger charge is 2.55. The molecule has 1 heterocycles. The molecule has 1 aromatic heterocycles. The summed E-state index contributed by atoms with van der Waals surface area (Å²) in [5.41, 5.74) is 0.874. The molecule has 5 rings (SSSR count). The van der Waals surface area contributed by atoms with Gasteiger partial charge in [0.25, 0.3) is 0 Å². The third-order valence-electron chi connectivity index (χ3n) is 5.93. The summed E-state index contributed by atoms with van der Waals surface area (Å²) >= 11 is 0. The van der Waals surface area contributed by atoms with Crippen molar-refractivity contribution in [3.05, 3.63) is 30.1 Å². The van der Waals surface area contributed by atoms with E-state index in [2.05, 4.69) is 4.98 Å². The molecule has 4 fully saturated rings. The van der Waals surface area contributed by atoms with E-state index >= 15 is 0 Å². The second-order valence-corrected chi connectivity index (χ2v) is 7.53. The van der Waals surface area contributed by atoms with Gasteiger partial charge in [-0.05, 0) is 80.9 Å². The molecule has 4 aliphatic carbocycles. The highest BCUT2D eigenvalue weighted by Crippen LogP contribution is 2.60. The lowest BCUT2D eigenvalue weighted by molar-refractivity contribution is -0.176. The van der Waals surface area contributed by atoms with Gasteiger partial charge < -0.3 is 4.74 Å². The SMILES string of the molecule is C[C@@H](OC(=O)C12CC3CC(CC(C3)C1)C2)c1ccncc1. The molecular weight excluding hydrogens is 262 g/mol. The first-order valence-corrected chi connectivity index (χ1v) is 8.26. The summed E-state index contributed by atoms with van der Waals surface area (Å²) in [6.07, 6.45) is 10.6. The molecule has 4 saturated carbocycles. The van der Waals surface area contributed by atoms with Crippen LogP contribution in [0.25, 0.3) is 0 Å². The molecule has 0 amide bonds. The van der Waals surface area contributed by atoms with Crippen molar-refractivity contribution in [1.82, 2.24) is 4.98 Å². The molecule has 1 atom stereocenters. The number of hydrogen-bond donors (Lipinski definition) is 0. The molecule has 0 unspecified atom stereocenters. The predicted molar refractivity (Wildman–Crippen MR) is 79.3 cm³/mol. The van der Waals surface area contributed by atoms with E-state index < -0.39 is 0 Å². The third-order valence-corrected chi connectivity index (χ3v) is 5.93. The number of pyridine rings is 1. The Bertz CT molecular complexity index is 504. The number of esters is 1. The molecular formula is C18H23NO2. The number of hydrogen-bond acceptors (Lipinski definition) is 3. The lowest BCUT2D eigenvalue weighted by Crippen LogP contribution is -2.50. The Labute approximate surface area is 126 Å². The molecule has 0 aromatic carbocycles. The van der Waals surface area contributed by atoms with Crippen molar-refractivity contribution in [2.24, 2.45) is 23.2 Å². The Morgan fingerprint density at radius 1 is 1.14 bits per heavy atom. The van der Waals surface area contributed by atoms with Gasteiger partial charge in [-0.2, -0.15) is 0 Å². The van der Waals surface area contributed by atoms with E-state index in [1.54, 1.807) is 12.4 Å². The highest BCUT2D eigenvalue weighted by atomic mass is 16.5. The molecule has 0 saturated heterocycles. The van der Waals surface area contributed by atoms with Crippen LogP contribution in [0.2, 0.25) is 0 Å². The zero-order chi connectivity index (χ0) is 14.4. The maximum atomic E-state index is 12.8. The number of carbonyl (C=O) groups excluding carboxylic acids is 1. The van der Waals surface area contributed by atoms with Gasteiger partial charge in [0.2, 0.25) is 0 Å². The minimum absolute atomic E-state index is 0.0610. The molecule has 1 aromatic rings. The van der Waals surface area contributed by atoms with Gasteiger partial charge in [0.15, 0.2) is 0 Å². The van der Waals surface area contributed by atoms with Gasteiger partial charge in [0.05, 0.1) is 5.41 Å². The predicted octanol–water partition coefficient (Wildman–Crippen LogP) is 3.90. The van der Waals surface area contributed by atoms with Crippen molar-refractivity contribution in [3.63, 3.8) is 0 Å². The number of nitrogens with zero attached hydrogens (tertiary/aromatic N) is 1. The number of ether oxygens (including phenoxy) is 1. The standard InChI is InChI=1S/C18H23NO2/c1-12(16-2-4-19-5-3-16)21-17(20)18-9-13-6-14(10-18)8-15(7-13)11-18/h2-5,12-15H,6-11H2,1H3/t12-,13?,14?,15?,18?/m1/s1. The normalized spacial score (nSPS) is 38.2. The smallest absolute Gasteiger partial charge is 0.312 e. The van der Waals surface area contributed by atoms with Crippen LogP contribution < -0.4 is 0 Å². The lowest BCUT2D eigenvalue weighted by atomic mass is 9.49. The first kappa shape index (κ1) is 13.3. The molecule has 0 radical (unpaired) electrons. The van der Waals surface area contributed by atoms with Crippen LogP contribution in [0.15, 0.2) is 24.5 Å². The van der Waals surface area contributed by atoms with Gasteiger partial charge in [-0.15, -0.1) is 0 Å². The molecule has 3 heteroatoms. The van der Waals surface area contributed by atoms with Crippen molar-refractivity contribution in [1.29, 1.82) is 0 Å². The van der Waals surface area contributed by atoms with Gasteiger partial charge in [-0.1, -0.05) is 0 Å². The van der Waals surface area contributed by atoms with Crippen LogP contribution >= 0.6 is 0 Å². The minimum Gasteiger partial charge on any atom is -0.457 e. The Morgan fingerprint density at radius 2 is 1.67 bits per heavy atom. The summed E-state index contributed by atoms with van der Waals surface area (Å²) in [4.78, 5) is 16.9. The van der Waals surface area contributed by atoms with E-state index in [-0.39, 0.29) is 17.5 Å². The average Bonchev–Trinajstić information content (AvgIpc) is 2.46. The fourth-order valence-corrected chi connectivity index (χ4v) is 5.35. The molecule has 112 valence electrons. The van der Waals surface area contributed by atoms with Gasteiger partial charge in [0, 0.05) is 12.4 Å². The third kappa shape index (κ3) is 2.27. The maximum Gasteiger partial charge on any atom is 0.312 e. The Morgan fingerprint density at radius 3 is 2.19 bits per heavy atom. The summed E-state index contributed by atoms with van der Waals surface area (Å²) in [7, 11) is 0. The first-order chi connectivity index (χ1) is 10.1. The molecule has 0 spiro atoms. The van der Waals surface area contributed by atoms with Crippen LogP contribution in [0.5, 0.6) is 0 Å². The van der Waals surface area contributed by atoms with Gasteiger partial charge in [-0.3, -0.25) is 9.78 Å². The van der Waals surface area contributed by atoms with E-state index in [1.165, 1.54) is 19.3 Å². The largest absolute Gasteiger partial charge is 0.457 e. The van der Waals surface area contributed by atoms with E-state index in [9.17, 15) is 4.79 Å². The topological polar surface area (TPSA) is 39.2 Å². The van der Waals surface area contributed by atoms with Crippen LogP contribution in [0.1, 0.15) is 57.1 Å². The van der Waals surface area contributed by atoms with E-state index in [0.29, 0.717) is 0 Å². The maximum absolute atomic E-state index is 12.8. The average molecular weight is 285 g/mol. The van der Waals surface area contributed by atoms with E-state index in [4.69, 9.17) is 4.74 Å². The highest BCUT2D eigenvalue weighted by molar-refractivity contribution is 5.77. The number of carbonyl (C=O) groups is 1. The lowest BCUT2D eigenvalue weighted by Gasteiger charge is -2.55. The molecule has 3 nitrogen and oxygen atoms in total. The summed E-state index contributed by atoms with van der Waals surface area (Å²) < 4.78 is 5.85. The fourth-order valence-electron chi connectivity index (χ4n) is 5.35.